The first-order chi connectivity index (χ1) is 10.6. The molecule has 0 aliphatic heterocycles. The summed E-state index contributed by atoms with van der Waals surface area (Å²) in [5, 5.41) is 0.722. The highest BCUT2D eigenvalue weighted by molar-refractivity contribution is 6.30. The summed E-state index contributed by atoms with van der Waals surface area (Å²) in [6, 6.07) is 15.9. The average Bonchev–Trinajstić information content (AvgIpc) is 2.51. The summed E-state index contributed by atoms with van der Waals surface area (Å²) in [4.78, 5) is 2.16. The van der Waals surface area contributed by atoms with Gasteiger partial charge in [-0.1, -0.05) is 54.1 Å². The molecule has 0 radical (unpaired) electrons. The average molecular weight is 316 g/mol. The zero-order valence-electron chi connectivity index (χ0n) is 13.1. The second kappa shape index (κ2) is 8.62. The molecular formula is C19H22ClNO. The lowest BCUT2D eigenvalue weighted by Gasteiger charge is -2.10. The van der Waals surface area contributed by atoms with Gasteiger partial charge in [-0.3, -0.25) is 0 Å². The number of benzene rings is 2. The Labute approximate surface area is 138 Å². The molecule has 0 aromatic heterocycles. The fourth-order valence-corrected chi connectivity index (χ4v) is 2.24. The molecule has 116 valence electrons. The lowest BCUT2D eigenvalue weighted by atomic mass is 10.1. The fraction of sp³-hybridized carbons (Fsp3) is 0.263. The summed E-state index contributed by atoms with van der Waals surface area (Å²) in [5.74, 6) is 0.856. The Morgan fingerprint density at radius 1 is 1.09 bits per heavy atom. The Bertz CT molecular complexity index is 608. The first-order valence-corrected chi connectivity index (χ1v) is 7.80. The van der Waals surface area contributed by atoms with E-state index < -0.39 is 0 Å². The van der Waals surface area contributed by atoms with Gasteiger partial charge in [0.25, 0.3) is 0 Å². The van der Waals surface area contributed by atoms with Crippen LogP contribution in [0.4, 0.5) is 0 Å². The van der Waals surface area contributed by atoms with Crippen molar-refractivity contribution in [2.75, 3.05) is 20.6 Å². The number of ether oxygens (including phenoxy) is 1. The second-order valence-corrected chi connectivity index (χ2v) is 5.89. The highest BCUT2D eigenvalue weighted by atomic mass is 35.5. The van der Waals surface area contributed by atoms with Crippen molar-refractivity contribution >= 4 is 17.7 Å². The maximum atomic E-state index is 6.10. The Morgan fingerprint density at radius 3 is 2.59 bits per heavy atom. The third kappa shape index (κ3) is 5.55. The lowest BCUT2D eigenvalue weighted by Crippen LogP contribution is -2.11. The van der Waals surface area contributed by atoms with Crippen LogP contribution in [0.1, 0.15) is 17.5 Å². The van der Waals surface area contributed by atoms with E-state index in [9.17, 15) is 0 Å². The molecule has 0 unspecified atom stereocenters. The number of nitrogens with zero attached hydrogens (tertiary/aromatic N) is 1. The van der Waals surface area contributed by atoms with Gasteiger partial charge >= 0.3 is 0 Å². The number of hydrogen-bond acceptors (Lipinski definition) is 2. The van der Waals surface area contributed by atoms with Gasteiger partial charge in [-0.05, 0) is 44.3 Å². The summed E-state index contributed by atoms with van der Waals surface area (Å²) in [6.45, 7) is 1.58. The molecule has 0 saturated carbocycles. The zero-order chi connectivity index (χ0) is 15.8. The van der Waals surface area contributed by atoms with Crippen molar-refractivity contribution in [3.05, 3.63) is 70.8 Å². The number of hydrogen-bond donors (Lipinski definition) is 0. The van der Waals surface area contributed by atoms with Gasteiger partial charge in [0.1, 0.15) is 12.4 Å². The maximum Gasteiger partial charge on any atom is 0.127 e. The monoisotopic (exact) mass is 315 g/mol. The van der Waals surface area contributed by atoms with Crippen molar-refractivity contribution in [1.29, 1.82) is 0 Å². The summed E-state index contributed by atoms with van der Waals surface area (Å²) >= 11 is 6.10. The molecule has 2 rings (SSSR count). The van der Waals surface area contributed by atoms with E-state index in [4.69, 9.17) is 16.3 Å². The van der Waals surface area contributed by atoms with Gasteiger partial charge in [-0.15, -0.1) is 0 Å². The predicted octanol–water partition coefficient (Wildman–Crippen LogP) is 4.88. The largest absolute Gasteiger partial charge is 0.488 e. The second-order valence-electron chi connectivity index (χ2n) is 5.45. The van der Waals surface area contributed by atoms with E-state index in [0.717, 1.165) is 34.9 Å². The van der Waals surface area contributed by atoms with Crippen molar-refractivity contribution in [3.8, 4) is 5.75 Å². The molecule has 0 aliphatic rings. The molecular weight excluding hydrogens is 294 g/mol. The quantitative estimate of drug-likeness (QED) is 0.721. The highest BCUT2D eigenvalue weighted by Crippen LogP contribution is 2.25. The van der Waals surface area contributed by atoms with Crippen molar-refractivity contribution in [3.63, 3.8) is 0 Å². The van der Waals surface area contributed by atoms with Crippen LogP contribution in [0.15, 0.2) is 54.6 Å². The maximum absolute atomic E-state index is 6.10. The predicted molar refractivity (Wildman–Crippen MR) is 94.4 cm³/mol. The van der Waals surface area contributed by atoms with Gasteiger partial charge in [0, 0.05) is 17.1 Å². The third-order valence-electron chi connectivity index (χ3n) is 3.25. The van der Waals surface area contributed by atoms with E-state index in [1.807, 2.05) is 36.4 Å². The van der Waals surface area contributed by atoms with Crippen LogP contribution in [0.2, 0.25) is 5.02 Å². The van der Waals surface area contributed by atoms with Gasteiger partial charge in [-0.2, -0.15) is 0 Å². The van der Waals surface area contributed by atoms with Crippen LogP contribution in [0.25, 0.3) is 6.08 Å². The van der Waals surface area contributed by atoms with E-state index in [2.05, 4.69) is 43.3 Å². The Morgan fingerprint density at radius 2 is 1.86 bits per heavy atom. The minimum atomic E-state index is 0.557. The van der Waals surface area contributed by atoms with Gasteiger partial charge in [0.2, 0.25) is 0 Å². The molecule has 0 atom stereocenters. The van der Waals surface area contributed by atoms with Crippen molar-refractivity contribution in [1.82, 2.24) is 4.90 Å². The first kappa shape index (κ1) is 16.6. The van der Waals surface area contributed by atoms with Crippen LogP contribution in [0.5, 0.6) is 5.75 Å². The molecule has 3 heteroatoms. The summed E-state index contributed by atoms with van der Waals surface area (Å²) in [6.07, 6.45) is 5.23. The smallest absolute Gasteiger partial charge is 0.127 e. The molecule has 0 aliphatic carbocycles. The standard InChI is InChI=1S/C19H22ClNO/c1-21(2)13-7-6-10-17-14-18(20)11-12-19(17)22-15-16-8-4-3-5-9-16/h3-6,8-12,14H,7,13,15H2,1-2H3/b10-6+. The molecule has 0 heterocycles. The van der Waals surface area contributed by atoms with Crippen LogP contribution >= 0.6 is 11.6 Å². The molecule has 2 aromatic rings. The van der Waals surface area contributed by atoms with Crippen LogP contribution < -0.4 is 4.74 Å². The molecule has 2 aromatic carbocycles. The minimum Gasteiger partial charge on any atom is -0.488 e. The van der Waals surface area contributed by atoms with Crippen LogP contribution in [-0.4, -0.2) is 25.5 Å². The number of rotatable bonds is 7. The van der Waals surface area contributed by atoms with Gasteiger partial charge < -0.3 is 9.64 Å². The molecule has 0 fully saturated rings. The molecule has 0 spiro atoms. The Hall–Kier alpha value is -1.77. The van der Waals surface area contributed by atoms with Gasteiger partial charge in [0.05, 0.1) is 0 Å². The minimum absolute atomic E-state index is 0.557. The molecule has 0 saturated heterocycles. The third-order valence-corrected chi connectivity index (χ3v) is 3.48. The van der Waals surface area contributed by atoms with Gasteiger partial charge in [0.15, 0.2) is 0 Å². The summed E-state index contributed by atoms with van der Waals surface area (Å²) < 4.78 is 5.94. The lowest BCUT2D eigenvalue weighted by molar-refractivity contribution is 0.305. The Balaban J connectivity index is 2.03. The fourth-order valence-electron chi connectivity index (χ4n) is 2.06. The van der Waals surface area contributed by atoms with E-state index in [1.165, 1.54) is 0 Å². The zero-order valence-corrected chi connectivity index (χ0v) is 13.9. The van der Waals surface area contributed by atoms with E-state index >= 15 is 0 Å². The van der Waals surface area contributed by atoms with E-state index in [-0.39, 0.29) is 0 Å². The molecule has 22 heavy (non-hydrogen) atoms. The van der Waals surface area contributed by atoms with E-state index in [0.29, 0.717) is 6.61 Å². The van der Waals surface area contributed by atoms with Crippen LogP contribution in [0, 0.1) is 0 Å². The summed E-state index contributed by atoms with van der Waals surface area (Å²) in [7, 11) is 4.14. The van der Waals surface area contributed by atoms with Crippen LogP contribution in [-0.2, 0) is 6.61 Å². The molecule has 2 nitrogen and oxygen atoms in total. The summed E-state index contributed by atoms with van der Waals surface area (Å²) in [5.41, 5.74) is 2.17. The number of halogens is 1. The van der Waals surface area contributed by atoms with Crippen molar-refractivity contribution < 1.29 is 4.74 Å². The highest BCUT2D eigenvalue weighted by Gasteiger charge is 2.03. The topological polar surface area (TPSA) is 12.5 Å². The normalized spacial score (nSPS) is 11.3. The first-order valence-electron chi connectivity index (χ1n) is 7.42. The molecule has 0 amide bonds. The SMILES string of the molecule is CN(C)CC/C=C/c1cc(Cl)ccc1OCc1ccccc1. The van der Waals surface area contributed by atoms with Crippen LogP contribution in [0.3, 0.4) is 0 Å². The Kier molecular flexibility index (Phi) is 6.50. The van der Waals surface area contributed by atoms with E-state index in [1.54, 1.807) is 0 Å². The van der Waals surface area contributed by atoms with Crippen molar-refractivity contribution in [2.24, 2.45) is 0 Å². The molecule has 0 N–H and O–H groups in total. The van der Waals surface area contributed by atoms with Crippen molar-refractivity contribution in [2.45, 2.75) is 13.0 Å². The van der Waals surface area contributed by atoms with Gasteiger partial charge in [-0.25, -0.2) is 0 Å². The molecule has 0 bridgehead atoms.